The van der Waals surface area contributed by atoms with Crippen molar-refractivity contribution in [2.24, 2.45) is 0 Å². The Bertz CT molecular complexity index is 1390. The third-order valence-corrected chi connectivity index (χ3v) is 7.74. The SMILES string of the molecule is Nc1nc2c(-c3ccc(Br)cc3)sc(-c3ccc(Br)cc3)c2nc1-c1ccc(Br)cc1. The van der Waals surface area contributed by atoms with Gasteiger partial charge < -0.3 is 5.73 Å². The highest BCUT2D eigenvalue weighted by atomic mass is 79.9. The first-order valence-corrected chi connectivity index (χ1v) is 12.6. The second-order valence-corrected chi connectivity index (χ2v) is 10.7. The molecule has 0 radical (unpaired) electrons. The molecule has 7 heteroatoms. The summed E-state index contributed by atoms with van der Waals surface area (Å²) >= 11 is 12.2. The highest BCUT2D eigenvalue weighted by molar-refractivity contribution is 9.11. The summed E-state index contributed by atoms with van der Waals surface area (Å²) in [5.41, 5.74) is 11.9. The number of nitrogen functional groups attached to an aromatic ring is 1. The van der Waals surface area contributed by atoms with Crippen LogP contribution in [0.3, 0.4) is 0 Å². The zero-order chi connectivity index (χ0) is 21.5. The van der Waals surface area contributed by atoms with Gasteiger partial charge in [0.25, 0.3) is 0 Å². The van der Waals surface area contributed by atoms with E-state index >= 15 is 0 Å². The van der Waals surface area contributed by atoms with Crippen molar-refractivity contribution >= 4 is 76.0 Å². The summed E-state index contributed by atoms with van der Waals surface area (Å²) in [6, 6.07) is 24.5. The van der Waals surface area contributed by atoms with E-state index in [1.165, 1.54) is 0 Å². The van der Waals surface area contributed by atoms with Crippen LogP contribution in [0.1, 0.15) is 0 Å². The van der Waals surface area contributed by atoms with E-state index in [4.69, 9.17) is 15.7 Å². The summed E-state index contributed by atoms with van der Waals surface area (Å²) in [6.45, 7) is 0. The Morgan fingerprint density at radius 1 is 0.548 bits per heavy atom. The lowest BCUT2D eigenvalue weighted by molar-refractivity contribution is 1.31. The quantitative estimate of drug-likeness (QED) is 0.221. The lowest BCUT2D eigenvalue weighted by atomic mass is 10.1. The fraction of sp³-hybridized carbons (Fsp3) is 0. The minimum Gasteiger partial charge on any atom is -0.382 e. The summed E-state index contributed by atoms with van der Waals surface area (Å²) < 4.78 is 3.08. The molecule has 0 spiro atoms. The number of nitrogens with two attached hydrogens (primary N) is 1. The molecule has 2 heterocycles. The van der Waals surface area contributed by atoms with Crippen molar-refractivity contribution in [3.8, 4) is 32.1 Å². The first-order chi connectivity index (χ1) is 15.0. The molecule has 0 bridgehead atoms. The lowest BCUT2D eigenvalue weighted by Gasteiger charge is -2.07. The van der Waals surface area contributed by atoms with Crippen molar-refractivity contribution < 1.29 is 0 Å². The van der Waals surface area contributed by atoms with Gasteiger partial charge in [-0.15, -0.1) is 11.3 Å². The highest BCUT2D eigenvalue weighted by Crippen LogP contribution is 2.44. The van der Waals surface area contributed by atoms with Gasteiger partial charge in [-0.05, 0) is 47.5 Å². The van der Waals surface area contributed by atoms with Crippen LogP contribution in [0, 0.1) is 0 Å². The van der Waals surface area contributed by atoms with E-state index in [2.05, 4.69) is 72.1 Å². The number of fused-ring (bicyclic) bond motifs is 1. The predicted molar refractivity (Wildman–Crippen MR) is 141 cm³/mol. The third-order valence-electron chi connectivity index (χ3n) is 4.89. The number of benzene rings is 3. The molecule has 5 rings (SSSR count). The number of aromatic nitrogens is 2. The van der Waals surface area contributed by atoms with Gasteiger partial charge in [0.2, 0.25) is 0 Å². The van der Waals surface area contributed by atoms with Crippen LogP contribution in [-0.2, 0) is 0 Å². The summed E-state index contributed by atoms with van der Waals surface area (Å²) in [6.07, 6.45) is 0. The van der Waals surface area contributed by atoms with E-state index in [1.54, 1.807) is 11.3 Å². The minimum atomic E-state index is 0.424. The number of hydrogen-bond acceptors (Lipinski definition) is 4. The molecule has 3 aromatic carbocycles. The van der Waals surface area contributed by atoms with Crippen LogP contribution >= 0.6 is 59.1 Å². The predicted octanol–water partition coefficient (Wildman–Crippen LogP) is 8.56. The second kappa shape index (κ2) is 8.47. The fourth-order valence-corrected chi connectivity index (χ4v) is 5.36. The van der Waals surface area contributed by atoms with Crippen LogP contribution in [-0.4, -0.2) is 9.97 Å². The Kier molecular flexibility index (Phi) is 5.69. The van der Waals surface area contributed by atoms with E-state index in [0.717, 1.165) is 50.9 Å². The monoisotopic (exact) mass is 613 g/mol. The van der Waals surface area contributed by atoms with Crippen LogP contribution in [0.5, 0.6) is 0 Å². The molecule has 3 nitrogen and oxygen atoms in total. The van der Waals surface area contributed by atoms with Crippen molar-refractivity contribution in [3.63, 3.8) is 0 Å². The molecule has 31 heavy (non-hydrogen) atoms. The van der Waals surface area contributed by atoms with Crippen LogP contribution < -0.4 is 5.73 Å². The van der Waals surface area contributed by atoms with Crippen molar-refractivity contribution in [1.29, 1.82) is 0 Å². The third kappa shape index (κ3) is 4.07. The number of anilines is 1. The zero-order valence-electron chi connectivity index (χ0n) is 15.9. The Morgan fingerprint density at radius 3 is 1.39 bits per heavy atom. The number of hydrogen-bond donors (Lipinski definition) is 1. The first-order valence-electron chi connectivity index (χ1n) is 9.37. The molecule has 0 unspecified atom stereocenters. The molecule has 0 amide bonds. The van der Waals surface area contributed by atoms with Gasteiger partial charge in [-0.2, -0.15) is 0 Å². The number of nitrogens with zero attached hydrogens (tertiary/aromatic N) is 2. The summed E-state index contributed by atoms with van der Waals surface area (Å²) in [5.74, 6) is 0.424. The lowest BCUT2D eigenvalue weighted by Crippen LogP contribution is -1.98. The van der Waals surface area contributed by atoms with Crippen molar-refractivity contribution in [2.75, 3.05) is 5.73 Å². The molecule has 0 saturated carbocycles. The second-order valence-electron chi connectivity index (χ2n) is 6.94. The van der Waals surface area contributed by atoms with E-state index in [9.17, 15) is 0 Å². The van der Waals surface area contributed by atoms with E-state index in [0.29, 0.717) is 11.5 Å². The van der Waals surface area contributed by atoms with Crippen LogP contribution in [0.4, 0.5) is 5.82 Å². The topological polar surface area (TPSA) is 51.8 Å². The van der Waals surface area contributed by atoms with Gasteiger partial charge in [0, 0.05) is 19.0 Å². The Balaban J connectivity index is 1.79. The molecular formula is C24H14Br3N3S. The van der Waals surface area contributed by atoms with Gasteiger partial charge >= 0.3 is 0 Å². The van der Waals surface area contributed by atoms with Crippen LogP contribution in [0.25, 0.3) is 43.2 Å². The van der Waals surface area contributed by atoms with E-state index in [1.807, 2.05) is 48.5 Å². The molecular weight excluding hydrogens is 602 g/mol. The maximum Gasteiger partial charge on any atom is 0.150 e. The molecule has 2 N–H and O–H groups in total. The molecule has 0 fully saturated rings. The fourth-order valence-electron chi connectivity index (χ4n) is 3.38. The van der Waals surface area contributed by atoms with Gasteiger partial charge in [-0.1, -0.05) is 84.2 Å². The molecule has 0 aliphatic heterocycles. The molecule has 0 saturated heterocycles. The molecule has 152 valence electrons. The molecule has 2 aromatic heterocycles. The highest BCUT2D eigenvalue weighted by Gasteiger charge is 2.20. The smallest absolute Gasteiger partial charge is 0.150 e. The first kappa shape index (κ1) is 20.8. The van der Waals surface area contributed by atoms with E-state index < -0.39 is 0 Å². The normalized spacial score (nSPS) is 11.2. The maximum atomic E-state index is 6.40. The standard InChI is InChI=1S/C24H14Br3N3S/c25-16-7-1-13(2-8-16)19-24(28)30-21-20(29-19)22(14-3-9-17(26)10-4-14)31-23(21)15-5-11-18(27)12-6-15/h1-12H,(H2,28,30). The molecule has 0 aliphatic carbocycles. The molecule has 0 atom stereocenters. The van der Waals surface area contributed by atoms with Gasteiger partial charge in [0.05, 0.1) is 9.75 Å². The zero-order valence-corrected chi connectivity index (χ0v) is 21.5. The molecule has 5 aromatic rings. The number of halogens is 3. The number of rotatable bonds is 3. The molecule has 0 aliphatic rings. The van der Waals surface area contributed by atoms with Crippen LogP contribution in [0.2, 0.25) is 0 Å². The maximum absolute atomic E-state index is 6.40. The van der Waals surface area contributed by atoms with Crippen molar-refractivity contribution in [1.82, 2.24) is 9.97 Å². The average Bonchev–Trinajstić information content (AvgIpc) is 3.13. The Labute approximate surface area is 208 Å². The van der Waals surface area contributed by atoms with Gasteiger partial charge in [-0.25, -0.2) is 9.97 Å². The summed E-state index contributed by atoms with van der Waals surface area (Å²) in [5, 5.41) is 0. The summed E-state index contributed by atoms with van der Waals surface area (Å²) in [7, 11) is 0. The van der Waals surface area contributed by atoms with E-state index in [-0.39, 0.29) is 0 Å². The number of thiophene rings is 1. The van der Waals surface area contributed by atoms with Crippen molar-refractivity contribution in [3.05, 3.63) is 86.2 Å². The Morgan fingerprint density at radius 2 is 0.935 bits per heavy atom. The average molecular weight is 616 g/mol. The van der Waals surface area contributed by atoms with Crippen LogP contribution in [0.15, 0.2) is 86.2 Å². The summed E-state index contributed by atoms with van der Waals surface area (Å²) in [4.78, 5) is 12.0. The van der Waals surface area contributed by atoms with Crippen molar-refractivity contribution in [2.45, 2.75) is 0 Å². The van der Waals surface area contributed by atoms with Gasteiger partial charge in [0.15, 0.2) is 5.82 Å². The largest absolute Gasteiger partial charge is 0.382 e. The minimum absolute atomic E-state index is 0.424. The van der Waals surface area contributed by atoms with Gasteiger partial charge in [0.1, 0.15) is 16.7 Å². The Hall–Kier alpha value is -2.06. The van der Waals surface area contributed by atoms with Gasteiger partial charge in [-0.3, -0.25) is 0 Å².